The quantitative estimate of drug-likeness (QED) is 0.583. The Labute approximate surface area is 66.4 Å². The Hall–Kier alpha value is -0.940. The predicted octanol–water partition coefficient (Wildman–Crippen LogP) is 1.86. The second kappa shape index (κ2) is 2.27. The fourth-order valence-electron chi connectivity index (χ4n) is 0.850. The van der Waals surface area contributed by atoms with Gasteiger partial charge in [0.2, 0.25) is 0 Å². The summed E-state index contributed by atoms with van der Waals surface area (Å²) in [5.74, 6) is -3.34. The number of hydrogen-bond acceptors (Lipinski definition) is 3. The summed E-state index contributed by atoms with van der Waals surface area (Å²) in [6, 6.07) is 0. The van der Waals surface area contributed by atoms with Crippen LogP contribution in [0.3, 0.4) is 0 Å². The van der Waals surface area contributed by atoms with E-state index in [0.717, 1.165) is 13.8 Å². The maximum absolute atomic E-state index is 13.1. The molecular weight excluding hydrogens is 177 g/mol. The van der Waals surface area contributed by atoms with Crippen molar-refractivity contribution >= 4 is 6.16 Å². The molecule has 0 saturated carbocycles. The van der Waals surface area contributed by atoms with Gasteiger partial charge in [0.15, 0.2) is 5.60 Å². The number of carbonyl (C=O) groups is 1. The molecule has 0 N–H and O–H groups in total. The highest BCUT2D eigenvalue weighted by Crippen LogP contribution is 2.42. The lowest BCUT2D eigenvalue weighted by atomic mass is 10.0. The molecule has 1 aliphatic rings. The third kappa shape index (κ3) is 1.02. The number of cyclic esters (lactones) is 2. The summed E-state index contributed by atoms with van der Waals surface area (Å²) in [4.78, 5) is 10.4. The van der Waals surface area contributed by atoms with Gasteiger partial charge in [0.25, 0.3) is 0 Å². The molecule has 1 unspecified atom stereocenters. The van der Waals surface area contributed by atoms with E-state index in [1.54, 1.807) is 0 Å². The van der Waals surface area contributed by atoms with Gasteiger partial charge in [-0.3, -0.25) is 0 Å². The molecule has 70 valence electrons. The molecule has 0 spiro atoms. The zero-order chi connectivity index (χ0) is 9.57. The van der Waals surface area contributed by atoms with Crippen molar-refractivity contribution in [2.75, 3.05) is 0 Å². The molecule has 1 rings (SSSR count). The fraction of sp³-hybridized carbons (Fsp3) is 0.833. The van der Waals surface area contributed by atoms with Gasteiger partial charge >= 0.3 is 18.4 Å². The second-order valence-corrected chi connectivity index (χ2v) is 2.91. The van der Waals surface area contributed by atoms with E-state index >= 15 is 0 Å². The first kappa shape index (κ1) is 9.15. The van der Waals surface area contributed by atoms with Crippen LogP contribution in [0.4, 0.5) is 18.0 Å². The van der Waals surface area contributed by atoms with Gasteiger partial charge in [-0.1, -0.05) is 0 Å². The molecule has 1 aliphatic heterocycles. The second-order valence-electron chi connectivity index (χ2n) is 2.91. The van der Waals surface area contributed by atoms with Gasteiger partial charge in [0.05, 0.1) is 0 Å². The van der Waals surface area contributed by atoms with Crippen LogP contribution in [0.15, 0.2) is 0 Å². The van der Waals surface area contributed by atoms with Crippen LogP contribution in [0.25, 0.3) is 0 Å². The van der Waals surface area contributed by atoms with Crippen molar-refractivity contribution in [2.24, 2.45) is 0 Å². The Balaban J connectivity index is 2.97. The molecule has 1 heterocycles. The minimum Gasteiger partial charge on any atom is -0.421 e. The number of ether oxygens (including phenoxy) is 2. The van der Waals surface area contributed by atoms with Crippen molar-refractivity contribution in [1.82, 2.24) is 0 Å². The molecule has 0 aromatic rings. The normalized spacial score (nSPS) is 33.3. The van der Waals surface area contributed by atoms with E-state index < -0.39 is 24.0 Å². The summed E-state index contributed by atoms with van der Waals surface area (Å²) in [5, 5.41) is 0. The third-order valence-electron chi connectivity index (χ3n) is 1.67. The van der Waals surface area contributed by atoms with Gasteiger partial charge < -0.3 is 9.47 Å². The molecule has 0 aliphatic carbocycles. The maximum atomic E-state index is 13.1. The van der Waals surface area contributed by atoms with Crippen molar-refractivity contribution in [3.63, 3.8) is 0 Å². The van der Waals surface area contributed by atoms with Crippen LogP contribution in [-0.2, 0) is 9.47 Å². The van der Waals surface area contributed by atoms with E-state index in [1.165, 1.54) is 0 Å². The minimum atomic E-state index is -3.42. The number of rotatable bonds is 1. The molecule has 6 heteroatoms. The van der Waals surface area contributed by atoms with Gasteiger partial charge in [-0.15, -0.1) is 0 Å². The molecule has 0 amide bonds. The van der Waals surface area contributed by atoms with Crippen LogP contribution in [-0.4, -0.2) is 24.0 Å². The van der Waals surface area contributed by atoms with E-state index in [2.05, 4.69) is 9.47 Å². The van der Waals surface area contributed by atoms with Crippen molar-refractivity contribution < 1.29 is 27.4 Å². The highest BCUT2D eigenvalue weighted by molar-refractivity contribution is 5.64. The summed E-state index contributed by atoms with van der Waals surface area (Å²) in [6.07, 6.45) is -4.83. The van der Waals surface area contributed by atoms with Crippen LogP contribution in [0.5, 0.6) is 0 Å². The number of carbonyl (C=O) groups excluding carboxylic acids is 1. The zero-order valence-corrected chi connectivity index (χ0v) is 6.44. The fourth-order valence-corrected chi connectivity index (χ4v) is 0.850. The van der Waals surface area contributed by atoms with Crippen LogP contribution >= 0.6 is 0 Å². The van der Waals surface area contributed by atoms with Crippen molar-refractivity contribution in [3.8, 4) is 0 Å². The van der Waals surface area contributed by atoms with E-state index in [4.69, 9.17) is 0 Å². The molecule has 1 fully saturated rings. The van der Waals surface area contributed by atoms with Crippen LogP contribution < -0.4 is 0 Å². The lowest BCUT2D eigenvalue weighted by molar-refractivity contribution is -0.212. The van der Waals surface area contributed by atoms with E-state index in [9.17, 15) is 18.0 Å². The van der Waals surface area contributed by atoms with Crippen molar-refractivity contribution in [2.45, 2.75) is 31.7 Å². The topological polar surface area (TPSA) is 35.5 Å². The van der Waals surface area contributed by atoms with Gasteiger partial charge in [-0.25, -0.2) is 13.6 Å². The standard InChI is InChI=1S/C6H7F3O3/c1-5(2)6(9,3(7)8)12-4(10)11-5/h3H,1-2H3. The maximum Gasteiger partial charge on any atom is 0.512 e. The van der Waals surface area contributed by atoms with E-state index in [1.807, 2.05) is 0 Å². The Morgan fingerprint density at radius 2 is 1.83 bits per heavy atom. The monoisotopic (exact) mass is 184 g/mol. The predicted molar refractivity (Wildman–Crippen MR) is 31.5 cm³/mol. The molecular formula is C6H7F3O3. The van der Waals surface area contributed by atoms with Gasteiger partial charge in [0.1, 0.15) is 0 Å². The largest absolute Gasteiger partial charge is 0.512 e. The smallest absolute Gasteiger partial charge is 0.421 e. The Bertz CT molecular complexity index is 216. The summed E-state index contributed by atoms with van der Waals surface area (Å²) in [6.45, 7) is 2.04. The molecule has 0 bridgehead atoms. The molecule has 0 radical (unpaired) electrons. The van der Waals surface area contributed by atoms with Crippen molar-refractivity contribution in [1.29, 1.82) is 0 Å². The molecule has 1 atom stereocenters. The molecule has 3 nitrogen and oxygen atoms in total. The first-order valence-corrected chi connectivity index (χ1v) is 3.18. The number of halogens is 3. The van der Waals surface area contributed by atoms with Crippen LogP contribution in [0.2, 0.25) is 0 Å². The van der Waals surface area contributed by atoms with Crippen LogP contribution in [0.1, 0.15) is 13.8 Å². The lowest BCUT2D eigenvalue weighted by Crippen LogP contribution is -2.49. The van der Waals surface area contributed by atoms with Gasteiger partial charge in [0, 0.05) is 0 Å². The Morgan fingerprint density at radius 3 is 2.00 bits per heavy atom. The summed E-state index contributed by atoms with van der Waals surface area (Å²) >= 11 is 0. The Morgan fingerprint density at radius 1 is 1.33 bits per heavy atom. The highest BCUT2D eigenvalue weighted by atomic mass is 19.3. The van der Waals surface area contributed by atoms with E-state index in [0.29, 0.717) is 0 Å². The highest BCUT2D eigenvalue weighted by Gasteiger charge is 2.65. The van der Waals surface area contributed by atoms with Crippen LogP contribution in [0, 0.1) is 0 Å². The first-order valence-electron chi connectivity index (χ1n) is 3.18. The number of hydrogen-bond donors (Lipinski definition) is 0. The van der Waals surface area contributed by atoms with Gasteiger partial charge in [-0.2, -0.15) is 4.39 Å². The summed E-state index contributed by atoms with van der Waals surface area (Å²) < 4.78 is 45.2. The third-order valence-corrected chi connectivity index (χ3v) is 1.67. The molecule has 0 aromatic carbocycles. The average Bonchev–Trinajstić information content (AvgIpc) is 2.02. The lowest BCUT2D eigenvalue weighted by Gasteiger charge is -2.26. The van der Waals surface area contributed by atoms with E-state index in [-0.39, 0.29) is 0 Å². The summed E-state index contributed by atoms with van der Waals surface area (Å²) in [5.41, 5.74) is -1.95. The zero-order valence-electron chi connectivity index (χ0n) is 6.44. The molecule has 0 aromatic heterocycles. The first-order chi connectivity index (χ1) is 5.29. The SMILES string of the molecule is CC1(C)OC(=O)OC1(F)C(F)F. The molecule has 1 saturated heterocycles. The summed E-state index contributed by atoms with van der Waals surface area (Å²) in [7, 11) is 0. The van der Waals surface area contributed by atoms with Gasteiger partial charge in [-0.05, 0) is 13.8 Å². The molecule has 12 heavy (non-hydrogen) atoms. The number of alkyl halides is 3. The van der Waals surface area contributed by atoms with Crippen molar-refractivity contribution in [3.05, 3.63) is 0 Å². The Kier molecular flexibility index (Phi) is 1.73. The minimum absolute atomic E-state index is 1.02. The average molecular weight is 184 g/mol.